The van der Waals surface area contributed by atoms with Crippen LogP contribution >= 0.6 is 11.3 Å². The number of methoxy groups -OCH3 is 2. The number of carbonyl (C=O) groups is 2. The van der Waals surface area contributed by atoms with Crippen molar-refractivity contribution in [2.24, 2.45) is 5.10 Å². The first-order valence-electron chi connectivity index (χ1n) is 11.1. The fourth-order valence-electron chi connectivity index (χ4n) is 3.76. The molecule has 9 heteroatoms. The summed E-state index contributed by atoms with van der Waals surface area (Å²) < 4.78 is 21.5. The first-order valence-corrected chi connectivity index (χ1v) is 12.0. The number of amides is 1. The SMILES string of the molecule is CCOC(=O)c1ccc(OCC(=O)N2N=C(c3cccs3)CC2c2ccc(OC)c(OC)c2)cc1. The number of nitrogens with zero attached hydrogens (tertiary/aromatic N) is 2. The molecule has 8 nitrogen and oxygen atoms in total. The van der Waals surface area contributed by atoms with Crippen molar-refractivity contribution in [1.29, 1.82) is 0 Å². The second-order valence-electron chi connectivity index (χ2n) is 7.63. The minimum Gasteiger partial charge on any atom is -0.493 e. The van der Waals surface area contributed by atoms with Gasteiger partial charge in [-0.1, -0.05) is 12.1 Å². The van der Waals surface area contributed by atoms with Gasteiger partial charge in [0.1, 0.15) is 5.75 Å². The third-order valence-electron chi connectivity index (χ3n) is 5.49. The van der Waals surface area contributed by atoms with E-state index in [9.17, 15) is 9.59 Å². The number of hydrogen-bond acceptors (Lipinski definition) is 8. The Morgan fingerprint density at radius 2 is 1.83 bits per heavy atom. The van der Waals surface area contributed by atoms with E-state index < -0.39 is 5.97 Å². The summed E-state index contributed by atoms with van der Waals surface area (Å²) in [7, 11) is 3.16. The average molecular weight is 495 g/mol. The molecule has 0 bridgehead atoms. The number of thiophene rings is 1. The van der Waals surface area contributed by atoms with Crippen LogP contribution in [-0.2, 0) is 9.53 Å². The predicted molar refractivity (Wildman–Crippen MR) is 132 cm³/mol. The molecule has 3 aromatic rings. The molecule has 1 aliphatic rings. The van der Waals surface area contributed by atoms with Crippen LogP contribution in [0.15, 0.2) is 65.1 Å². The minimum atomic E-state index is -0.402. The summed E-state index contributed by atoms with van der Waals surface area (Å²) >= 11 is 1.58. The van der Waals surface area contributed by atoms with Gasteiger partial charge in [-0.3, -0.25) is 4.79 Å². The van der Waals surface area contributed by atoms with Gasteiger partial charge in [0.25, 0.3) is 5.91 Å². The number of esters is 1. The standard InChI is InChI=1S/C26H26N2O6S/c1-4-33-26(30)17-7-10-19(11-8-17)34-16-25(29)28-21(15-20(27-28)24-6-5-13-35-24)18-9-12-22(31-2)23(14-18)32-3/h5-14,21H,4,15-16H2,1-3H3. The molecule has 0 saturated carbocycles. The van der Waals surface area contributed by atoms with Crippen LogP contribution in [0.5, 0.6) is 17.2 Å². The van der Waals surface area contributed by atoms with Gasteiger partial charge in [0.2, 0.25) is 0 Å². The average Bonchev–Trinajstić information content (AvgIpc) is 3.58. The molecule has 2 heterocycles. The largest absolute Gasteiger partial charge is 0.493 e. The second kappa shape index (κ2) is 11.1. The third kappa shape index (κ3) is 5.46. The van der Waals surface area contributed by atoms with Gasteiger partial charge in [-0.15, -0.1) is 11.3 Å². The lowest BCUT2D eigenvalue weighted by Gasteiger charge is -2.23. The van der Waals surface area contributed by atoms with Gasteiger partial charge in [-0.05, 0) is 60.3 Å². The molecule has 0 spiro atoms. The van der Waals surface area contributed by atoms with Gasteiger partial charge in [0.05, 0.1) is 43.0 Å². The van der Waals surface area contributed by atoms with E-state index in [0.29, 0.717) is 35.8 Å². The second-order valence-corrected chi connectivity index (χ2v) is 8.58. The smallest absolute Gasteiger partial charge is 0.338 e. The van der Waals surface area contributed by atoms with Gasteiger partial charge in [0.15, 0.2) is 18.1 Å². The number of hydrogen-bond donors (Lipinski definition) is 0. The lowest BCUT2D eigenvalue weighted by Crippen LogP contribution is -2.31. The van der Waals surface area contributed by atoms with Crippen LogP contribution in [0.4, 0.5) is 0 Å². The molecule has 0 fully saturated rings. The van der Waals surface area contributed by atoms with E-state index in [1.165, 1.54) is 5.01 Å². The Labute approximate surface area is 207 Å². The highest BCUT2D eigenvalue weighted by Gasteiger charge is 2.34. The van der Waals surface area contributed by atoms with Crippen molar-refractivity contribution < 1.29 is 28.5 Å². The quantitative estimate of drug-likeness (QED) is 0.401. The molecule has 0 radical (unpaired) electrons. The Morgan fingerprint density at radius 3 is 2.49 bits per heavy atom. The van der Waals surface area contributed by atoms with E-state index in [1.807, 2.05) is 35.7 Å². The van der Waals surface area contributed by atoms with E-state index in [0.717, 1.165) is 16.2 Å². The zero-order chi connectivity index (χ0) is 24.8. The molecule has 0 N–H and O–H groups in total. The summed E-state index contributed by atoms with van der Waals surface area (Å²) in [5.41, 5.74) is 2.14. The van der Waals surface area contributed by atoms with Crippen molar-refractivity contribution in [3.63, 3.8) is 0 Å². The molecule has 35 heavy (non-hydrogen) atoms. The lowest BCUT2D eigenvalue weighted by atomic mass is 10.0. The maximum Gasteiger partial charge on any atom is 0.338 e. The Morgan fingerprint density at radius 1 is 1.06 bits per heavy atom. The number of rotatable bonds is 9. The molecule has 1 amide bonds. The maximum absolute atomic E-state index is 13.2. The minimum absolute atomic E-state index is 0.205. The summed E-state index contributed by atoms with van der Waals surface area (Å²) in [6.07, 6.45) is 0.565. The van der Waals surface area contributed by atoms with Crippen molar-refractivity contribution in [3.8, 4) is 17.2 Å². The van der Waals surface area contributed by atoms with Crippen molar-refractivity contribution >= 4 is 28.9 Å². The van der Waals surface area contributed by atoms with E-state index in [-0.39, 0.29) is 18.6 Å². The van der Waals surface area contributed by atoms with Gasteiger partial charge in [0, 0.05) is 6.42 Å². The molecule has 0 aliphatic carbocycles. The van der Waals surface area contributed by atoms with Gasteiger partial charge in [-0.2, -0.15) is 5.10 Å². The predicted octanol–water partition coefficient (Wildman–Crippen LogP) is 4.70. The van der Waals surface area contributed by atoms with Crippen molar-refractivity contribution in [1.82, 2.24) is 5.01 Å². The monoisotopic (exact) mass is 494 g/mol. The van der Waals surface area contributed by atoms with E-state index >= 15 is 0 Å². The Hall–Kier alpha value is -3.85. The molecule has 1 atom stereocenters. The Kier molecular flexibility index (Phi) is 7.67. The lowest BCUT2D eigenvalue weighted by molar-refractivity contribution is -0.135. The molecule has 182 valence electrons. The van der Waals surface area contributed by atoms with Crippen LogP contribution < -0.4 is 14.2 Å². The summed E-state index contributed by atoms with van der Waals surface area (Å²) in [6.45, 7) is 1.85. The molecule has 2 aromatic carbocycles. The van der Waals surface area contributed by atoms with Gasteiger partial charge >= 0.3 is 5.97 Å². The fraction of sp³-hybridized carbons (Fsp3) is 0.269. The number of benzene rings is 2. The first-order chi connectivity index (χ1) is 17.0. The first kappa shape index (κ1) is 24.3. The third-order valence-corrected chi connectivity index (χ3v) is 6.41. The van der Waals surface area contributed by atoms with Crippen LogP contribution in [0.25, 0.3) is 0 Å². The number of ether oxygens (including phenoxy) is 4. The number of carbonyl (C=O) groups excluding carboxylic acids is 2. The van der Waals surface area contributed by atoms with Crippen LogP contribution in [0.2, 0.25) is 0 Å². The molecule has 4 rings (SSSR count). The zero-order valence-electron chi connectivity index (χ0n) is 19.7. The van der Waals surface area contributed by atoms with Crippen molar-refractivity contribution in [3.05, 3.63) is 76.0 Å². The van der Waals surface area contributed by atoms with Crippen LogP contribution in [-0.4, -0.2) is 50.0 Å². The summed E-state index contributed by atoms with van der Waals surface area (Å²) in [4.78, 5) is 26.1. The zero-order valence-corrected chi connectivity index (χ0v) is 20.5. The molecule has 0 saturated heterocycles. The highest BCUT2D eigenvalue weighted by atomic mass is 32.1. The Bertz CT molecular complexity index is 1210. The van der Waals surface area contributed by atoms with Crippen molar-refractivity contribution in [2.45, 2.75) is 19.4 Å². The van der Waals surface area contributed by atoms with Gasteiger partial charge < -0.3 is 18.9 Å². The molecule has 1 unspecified atom stereocenters. The van der Waals surface area contributed by atoms with E-state index in [1.54, 1.807) is 56.7 Å². The highest BCUT2D eigenvalue weighted by Crippen LogP contribution is 2.38. The molecule has 1 aromatic heterocycles. The molecule has 1 aliphatic heterocycles. The summed E-state index contributed by atoms with van der Waals surface area (Å²) in [6, 6.07) is 15.7. The fourth-order valence-corrected chi connectivity index (χ4v) is 4.49. The van der Waals surface area contributed by atoms with Crippen LogP contribution in [0.3, 0.4) is 0 Å². The highest BCUT2D eigenvalue weighted by molar-refractivity contribution is 7.12. The van der Waals surface area contributed by atoms with E-state index in [4.69, 9.17) is 18.9 Å². The summed E-state index contributed by atoms with van der Waals surface area (Å²) in [5.74, 6) is 0.975. The maximum atomic E-state index is 13.2. The van der Waals surface area contributed by atoms with Crippen LogP contribution in [0, 0.1) is 0 Å². The summed E-state index contributed by atoms with van der Waals surface area (Å²) in [5, 5.41) is 8.11. The van der Waals surface area contributed by atoms with E-state index in [2.05, 4.69) is 5.10 Å². The Balaban J connectivity index is 1.52. The van der Waals surface area contributed by atoms with Gasteiger partial charge in [-0.25, -0.2) is 9.80 Å². The van der Waals surface area contributed by atoms with Crippen LogP contribution in [0.1, 0.15) is 40.2 Å². The van der Waals surface area contributed by atoms with Crippen molar-refractivity contribution in [2.75, 3.05) is 27.4 Å². The molecular weight excluding hydrogens is 468 g/mol. The topological polar surface area (TPSA) is 86.7 Å². The normalized spacial score (nSPS) is 14.9. The number of hydrazone groups is 1. The molecular formula is C26H26N2O6S.